The molecule has 2 aromatic rings. The van der Waals surface area contributed by atoms with Crippen LogP contribution in [0.3, 0.4) is 0 Å². The summed E-state index contributed by atoms with van der Waals surface area (Å²) >= 11 is 2.68. The van der Waals surface area contributed by atoms with Crippen LogP contribution in [0.15, 0.2) is 24.3 Å². The maximum absolute atomic E-state index is 9.74. The predicted octanol–water partition coefficient (Wildman–Crippen LogP) is 10.3. The number of nitrogens with zero attached hydrogens (tertiary/aromatic N) is 2. The molecule has 228 valence electrons. The van der Waals surface area contributed by atoms with E-state index in [4.69, 9.17) is 14.1 Å². The van der Waals surface area contributed by atoms with Crippen molar-refractivity contribution in [2.24, 2.45) is 5.41 Å². The van der Waals surface area contributed by atoms with Gasteiger partial charge in [-0.25, -0.2) is 0 Å². The standard InChI is InChI=1S/C36H51IN2O2Si/c1-22(2)31-29-30(28-25(39-31)19-34(6,7)20-26(28)41-42(10,11)33(3,4)5)36(18-12-13-27(36)37)40-32(29)23-14-16-24(17-15-23)35(8,9)21-38/h14-17,22,26-27,32H,12-13,18-20H2,1-11H3/t26-,27?,32+,36?/m0/s1. The molecule has 1 aromatic carbocycles. The average Bonchev–Trinajstić information content (AvgIpc) is 3.42. The van der Waals surface area contributed by atoms with E-state index in [0.717, 1.165) is 36.8 Å². The summed E-state index contributed by atoms with van der Waals surface area (Å²) in [5.74, 6) is 0.279. The van der Waals surface area contributed by atoms with E-state index in [-0.39, 0.29) is 34.2 Å². The van der Waals surface area contributed by atoms with Gasteiger partial charge in [-0.2, -0.15) is 5.26 Å². The molecule has 2 unspecified atom stereocenters. The van der Waals surface area contributed by atoms with Crippen LogP contribution in [0, 0.1) is 16.7 Å². The lowest BCUT2D eigenvalue weighted by Crippen LogP contribution is -2.44. The molecule has 4 atom stereocenters. The van der Waals surface area contributed by atoms with E-state index in [1.165, 1.54) is 34.5 Å². The van der Waals surface area contributed by atoms with Gasteiger partial charge in [-0.15, -0.1) is 0 Å². The number of halogens is 1. The molecule has 3 aliphatic rings. The third-order valence-electron chi connectivity index (χ3n) is 10.6. The van der Waals surface area contributed by atoms with E-state index < -0.39 is 13.7 Å². The summed E-state index contributed by atoms with van der Waals surface area (Å²) in [6.45, 7) is 25.1. The van der Waals surface area contributed by atoms with Gasteiger partial charge < -0.3 is 9.16 Å². The second-order valence-corrected chi connectivity index (χ2v) is 22.6. The Balaban J connectivity index is 1.77. The van der Waals surface area contributed by atoms with Gasteiger partial charge in [0.05, 0.1) is 17.6 Å². The zero-order valence-electron chi connectivity index (χ0n) is 27.7. The molecule has 0 radical (unpaired) electrons. The lowest BCUT2D eigenvalue weighted by molar-refractivity contribution is -0.0514. The van der Waals surface area contributed by atoms with Crippen molar-refractivity contribution in [2.45, 2.75) is 146 Å². The van der Waals surface area contributed by atoms with Crippen LogP contribution in [0.1, 0.15) is 145 Å². The molecule has 6 heteroatoms. The fourth-order valence-electron chi connectivity index (χ4n) is 7.14. The summed E-state index contributed by atoms with van der Waals surface area (Å²) in [6, 6.07) is 11.1. The van der Waals surface area contributed by atoms with Crippen LogP contribution in [-0.2, 0) is 26.6 Å². The summed E-state index contributed by atoms with van der Waals surface area (Å²) in [5, 5.41) is 9.86. The van der Waals surface area contributed by atoms with Crippen LogP contribution in [-0.4, -0.2) is 17.2 Å². The van der Waals surface area contributed by atoms with Crippen molar-refractivity contribution in [3.05, 3.63) is 63.5 Å². The summed E-state index contributed by atoms with van der Waals surface area (Å²) in [4.78, 5) is 5.56. The SMILES string of the molecule is CC(C)c1nc2c(c3c1[C@@H](c1ccc(C(C)(C)C#N)cc1)OC31CCCC1I)[C@@H](O[Si](C)(C)C(C)(C)C)CC(C)(C)C2. The number of benzene rings is 1. The number of alkyl halides is 1. The van der Waals surface area contributed by atoms with Crippen molar-refractivity contribution in [2.75, 3.05) is 0 Å². The molecule has 2 aliphatic carbocycles. The third-order valence-corrected chi connectivity index (χ3v) is 16.7. The highest BCUT2D eigenvalue weighted by molar-refractivity contribution is 14.1. The lowest BCUT2D eigenvalue weighted by Gasteiger charge is -2.45. The molecule has 0 amide bonds. The van der Waals surface area contributed by atoms with Crippen LogP contribution in [0.4, 0.5) is 0 Å². The number of hydrogen-bond donors (Lipinski definition) is 0. The van der Waals surface area contributed by atoms with E-state index in [9.17, 15) is 5.26 Å². The molecule has 42 heavy (non-hydrogen) atoms. The summed E-state index contributed by atoms with van der Waals surface area (Å²) < 4.78 is 15.2. The first-order valence-corrected chi connectivity index (χ1v) is 20.1. The number of hydrogen-bond acceptors (Lipinski definition) is 4. The molecule has 0 bridgehead atoms. The number of nitriles is 1. The van der Waals surface area contributed by atoms with Crippen molar-refractivity contribution < 1.29 is 9.16 Å². The molecule has 0 N–H and O–H groups in total. The number of aromatic nitrogens is 1. The van der Waals surface area contributed by atoms with Crippen LogP contribution >= 0.6 is 22.6 Å². The van der Waals surface area contributed by atoms with Crippen molar-refractivity contribution in [3.8, 4) is 6.07 Å². The summed E-state index contributed by atoms with van der Waals surface area (Å²) in [7, 11) is -2.07. The zero-order valence-corrected chi connectivity index (χ0v) is 30.9. The molecule has 1 aliphatic heterocycles. The Hall–Kier alpha value is -1.27. The van der Waals surface area contributed by atoms with Gasteiger partial charge in [0.25, 0.3) is 0 Å². The second kappa shape index (κ2) is 10.7. The van der Waals surface area contributed by atoms with Crippen molar-refractivity contribution in [3.63, 3.8) is 0 Å². The molecule has 4 nitrogen and oxygen atoms in total. The molecular formula is C36H51IN2O2Si. The van der Waals surface area contributed by atoms with Crippen LogP contribution in [0.25, 0.3) is 0 Å². The quantitative estimate of drug-likeness (QED) is 0.177. The van der Waals surface area contributed by atoms with Crippen LogP contribution in [0.2, 0.25) is 18.1 Å². The second-order valence-electron chi connectivity index (χ2n) is 16.3. The predicted molar refractivity (Wildman–Crippen MR) is 183 cm³/mol. The molecular weight excluding hydrogens is 647 g/mol. The Labute approximate surface area is 269 Å². The normalized spacial score (nSPS) is 27.3. The van der Waals surface area contributed by atoms with Gasteiger partial charge in [-0.3, -0.25) is 4.98 Å². The highest BCUT2D eigenvalue weighted by Crippen LogP contribution is 2.62. The molecule has 0 saturated heterocycles. The van der Waals surface area contributed by atoms with Crippen molar-refractivity contribution >= 4 is 30.9 Å². The number of pyridine rings is 1. The minimum atomic E-state index is -2.07. The van der Waals surface area contributed by atoms with E-state index in [1.54, 1.807) is 0 Å². The van der Waals surface area contributed by atoms with E-state index in [0.29, 0.717) is 3.92 Å². The Morgan fingerprint density at radius 2 is 1.74 bits per heavy atom. The first-order valence-electron chi connectivity index (χ1n) is 15.9. The van der Waals surface area contributed by atoms with E-state index in [2.05, 4.69) is 114 Å². The highest BCUT2D eigenvalue weighted by atomic mass is 127. The minimum Gasteiger partial charge on any atom is -0.410 e. The Morgan fingerprint density at radius 1 is 1.10 bits per heavy atom. The van der Waals surface area contributed by atoms with Gasteiger partial charge in [-0.1, -0.05) is 95.3 Å². The van der Waals surface area contributed by atoms with Gasteiger partial charge in [0.1, 0.15) is 11.7 Å². The molecule has 1 fully saturated rings. The Kier molecular flexibility index (Phi) is 8.16. The first kappa shape index (κ1) is 32.1. The van der Waals surface area contributed by atoms with E-state index >= 15 is 0 Å². The van der Waals surface area contributed by atoms with Gasteiger partial charge in [0, 0.05) is 32.0 Å². The molecule has 1 saturated carbocycles. The van der Waals surface area contributed by atoms with Crippen LogP contribution in [0.5, 0.6) is 0 Å². The van der Waals surface area contributed by atoms with Gasteiger partial charge in [0.15, 0.2) is 8.32 Å². The topological polar surface area (TPSA) is 55.1 Å². The van der Waals surface area contributed by atoms with E-state index in [1.807, 2.05) is 13.8 Å². The largest absolute Gasteiger partial charge is 0.410 e. The molecule has 2 heterocycles. The number of ether oxygens (including phenoxy) is 1. The molecule has 1 aromatic heterocycles. The first-order chi connectivity index (χ1) is 19.3. The number of rotatable bonds is 5. The van der Waals surface area contributed by atoms with Crippen molar-refractivity contribution in [1.82, 2.24) is 4.98 Å². The minimum absolute atomic E-state index is 0.0225. The Morgan fingerprint density at radius 3 is 2.26 bits per heavy atom. The monoisotopic (exact) mass is 698 g/mol. The van der Waals surface area contributed by atoms with Crippen molar-refractivity contribution in [1.29, 1.82) is 5.26 Å². The maximum atomic E-state index is 9.74. The molecule has 5 rings (SSSR count). The van der Waals surface area contributed by atoms with Gasteiger partial charge >= 0.3 is 0 Å². The van der Waals surface area contributed by atoms with Crippen LogP contribution < -0.4 is 0 Å². The average molecular weight is 699 g/mol. The summed E-state index contributed by atoms with van der Waals surface area (Å²) in [6.07, 6.45) is 5.19. The Bertz CT molecular complexity index is 1400. The zero-order chi connectivity index (χ0) is 31.0. The molecule has 1 spiro atoms. The number of fused-ring (bicyclic) bond motifs is 4. The lowest BCUT2D eigenvalue weighted by atomic mass is 9.70. The third kappa shape index (κ3) is 5.33. The fourth-order valence-corrected chi connectivity index (χ4v) is 9.61. The van der Waals surface area contributed by atoms with Gasteiger partial charge in [-0.05, 0) is 86.5 Å². The highest BCUT2D eigenvalue weighted by Gasteiger charge is 2.57. The smallest absolute Gasteiger partial charge is 0.192 e. The maximum Gasteiger partial charge on any atom is 0.192 e. The summed E-state index contributed by atoms with van der Waals surface area (Å²) in [5.41, 5.74) is 7.93. The fraction of sp³-hybridized carbons (Fsp3) is 0.667. The van der Waals surface area contributed by atoms with Gasteiger partial charge in [0.2, 0.25) is 0 Å².